The molecule has 0 aliphatic carbocycles. The summed E-state index contributed by atoms with van der Waals surface area (Å²) in [7, 11) is 0. The molecule has 20 heavy (non-hydrogen) atoms. The van der Waals surface area contributed by atoms with Crippen molar-refractivity contribution in [3.8, 4) is 0 Å². The van der Waals surface area contributed by atoms with Crippen molar-refractivity contribution in [3.05, 3.63) is 29.6 Å². The number of nitrogens with one attached hydrogen (secondary N) is 2. The molecule has 3 N–H and O–H groups in total. The lowest BCUT2D eigenvalue weighted by molar-refractivity contribution is -0.138. The van der Waals surface area contributed by atoms with Gasteiger partial charge in [-0.2, -0.15) is 13.2 Å². The molecule has 110 valence electrons. The molecule has 0 atom stereocenters. The van der Waals surface area contributed by atoms with Gasteiger partial charge in [0, 0.05) is 6.54 Å². The fraction of sp³-hybridized carbons (Fsp3) is 0.273. The van der Waals surface area contributed by atoms with Crippen molar-refractivity contribution in [1.82, 2.24) is 5.32 Å². The highest BCUT2D eigenvalue weighted by atomic mass is 19.4. The van der Waals surface area contributed by atoms with E-state index >= 15 is 0 Å². The number of anilines is 1. The molecule has 0 heterocycles. The number of carboxylic acids is 1. The molecule has 0 aliphatic rings. The SMILES string of the molecule is O=C(O)CCNC(=O)Nc1cc(C(F)(F)F)ccc1F. The number of rotatable bonds is 4. The Morgan fingerprint density at radius 2 is 1.90 bits per heavy atom. The molecule has 0 saturated carbocycles. The van der Waals surface area contributed by atoms with E-state index in [0.29, 0.717) is 18.2 Å². The molecular weight excluding hydrogens is 284 g/mol. The highest BCUT2D eigenvalue weighted by Gasteiger charge is 2.31. The van der Waals surface area contributed by atoms with Crippen LogP contribution in [0, 0.1) is 5.82 Å². The van der Waals surface area contributed by atoms with Gasteiger partial charge in [0.2, 0.25) is 0 Å². The molecule has 5 nitrogen and oxygen atoms in total. The molecule has 0 spiro atoms. The number of benzene rings is 1. The maximum Gasteiger partial charge on any atom is 0.416 e. The van der Waals surface area contributed by atoms with E-state index in [4.69, 9.17) is 5.11 Å². The van der Waals surface area contributed by atoms with Gasteiger partial charge >= 0.3 is 18.2 Å². The average Bonchev–Trinajstić information content (AvgIpc) is 2.30. The van der Waals surface area contributed by atoms with E-state index in [1.54, 1.807) is 0 Å². The standard InChI is InChI=1S/C11H10F4N2O3/c12-7-2-1-6(11(13,14)15)5-8(7)17-10(20)16-4-3-9(18)19/h1-2,5H,3-4H2,(H,18,19)(H2,16,17,20). The topological polar surface area (TPSA) is 78.4 Å². The van der Waals surface area contributed by atoms with Crippen LogP contribution in [0.1, 0.15) is 12.0 Å². The highest BCUT2D eigenvalue weighted by molar-refractivity contribution is 5.89. The van der Waals surface area contributed by atoms with Crippen molar-refractivity contribution < 1.29 is 32.3 Å². The molecule has 0 saturated heterocycles. The molecule has 1 rings (SSSR count). The van der Waals surface area contributed by atoms with E-state index in [-0.39, 0.29) is 13.0 Å². The van der Waals surface area contributed by atoms with Gasteiger partial charge in [0.1, 0.15) is 5.82 Å². The highest BCUT2D eigenvalue weighted by Crippen LogP contribution is 2.31. The summed E-state index contributed by atoms with van der Waals surface area (Å²) in [6, 6.07) is 0.578. The van der Waals surface area contributed by atoms with Crippen molar-refractivity contribution in [1.29, 1.82) is 0 Å². The van der Waals surface area contributed by atoms with Gasteiger partial charge in [-0.3, -0.25) is 4.79 Å². The Labute approximate surface area is 110 Å². The Morgan fingerprint density at radius 3 is 2.45 bits per heavy atom. The monoisotopic (exact) mass is 294 g/mol. The number of aliphatic carboxylic acids is 1. The van der Waals surface area contributed by atoms with E-state index in [0.717, 1.165) is 0 Å². The zero-order valence-electron chi connectivity index (χ0n) is 9.92. The van der Waals surface area contributed by atoms with Gasteiger partial charge in [-0.25, -0.2) is 9.18 Å². The molecule has 0 aliphatic heterocycles. The first-order chi connectivity index (χ1) is 9.20. The summed E-state index contributed by atoms with van der Waals surface area (Å²) < 4.78 is 50.5. The predicted molar refractivity (Wildman–Crippen MR) is 60.7 cm³/mol. The Morgan fingerprint density at radius 1 is 1.25 bits per heavy atom. The smallest absolute Gasteiger partial charge is 0.416 e. The first-order valence-corrected chi connectivity index (χ1v) is 5.33. The lowest BCUT2D eigenvalue weighted by atomic mass is 10.2. The van der Waals surface area contributed by atoms with Crippen molar-refractivity contribution in [2.24, 2.45) is 0 Å². The Kier molecular flexibility index (Phi) is 4.89. The average molecular weight is 294 g/mol. The fourth-order valence-corrected chi connectivity index (χ4v) is 1.25. The van der Waals surface area contributed by atoms with Gasteiger partial charge in [-0.05, 0) is 18.2 Å². The predicted octanol–water partition coefficient (Wildman–Crippen LogP) is 2.44. The van der Waals surface area contributed by atoms with Crippen molar-refractivity contribution in [3.63, 3.8) is 0 Å². The molecular formula is C11H10F4N2O3. The molecule has 0 unspecified atom stereocenters. The molecule has 0 aromatic heterocycles. The molecule has 0 bridgehead atoms. The second kappa shape index (κ2) is 6.22. The number of carboxylic acid groups (broad SMARTS) is 1. The minimum Gasteiger partial charge on any atom is -0.481 e. The van der Waals surface area contributed by atoms with Gasteiger partial charge in [0.15, 0.2) is 0 Å². The molecule has 1 aromatic rings. The van der Waals surface area contributed by atoms with Crippen molar-refractivity contribution in [2.45, 2.75) is 12.6 Å². The van der Waals surface area contributed by atoms with Crippen LogP contribution >= 0.6 is 0 Å². The number of carbonyl (C=O) groups is 2. The number of alkyl halides is 3. The first-order valence-electron chi connectivity index (χ1n) is 5.33. The van der Waals surface area contributed by atoms with E-state index in [9.17, 15) is 27.2 Å². The van der Waals surface area contributed by atoms with Gasteiger partial charge in [0.25, 0.3) is 0 Å². The first kappa shape index (κ1) is 15.7. The van der Waals surface area contributed by atoms with Gasteiger partial charge in [-0.1, -0.05) is 0 Å². The van der Waals surface area contributed by atoms with Crippen LogP contribution in [-0.2, 0) is 11.0 Å². The summed E-state index contributed by atoms with van der Waals surface area (Å²) in [6.07, 6.45) is -5.03. The summed E-state index contributed by atoms with van der Waals surface area (Å²) in [5.41, 5.74) is -1.76. The van der Waals surface area contributed by atoms with Gasteiger partial charge in [0.05, 0.1) is 17.7 Å². The van der Waals surface area contributed by atoms with Crippen LogP contribution in [0.25, 0.3) is 0 Å². The number of halogens is 4. The van der Waals surface area contributed by atoms with E-state index in [2.05, 4.69) is 5.32 Å². The quantitative estimate of drug-likeness (QED) is 0.746. The summed E-state index contributed by atoms with van der Waals surface area (Å²) in [5.74, 6) is -2.19. The third-order valence-electron chi connectivity index (χ3n) is 2.17. The van der Waals surface area contributed by atoms with Crippen LogP contribution in [-0.4, -0.2) is 23.7 Å². The van der Waals surface area contributed by atoms with E-state index in [1.165, 1.54) is 0 Å². The Balaban J connectivity index is 2.71. The minimum atomic E-state index is -4.66. The zero-order valence-corrected chi connectivity index (χ0v) is 9.92. The number of carbonyl (C=O) groups excluding carboxylic acids is 1. The largest absolute Gasteiger partial charge is 0.481 e. The summed E-state index contributed by atoms with van der Waals surface area (Å²) in [5, 5.41) is 12.3. The van der Waals surface area contributed by atoms with Gasteiger partial charge in [-0.15, -0.1) is 0 Å². The second-order valence-corrected chi connectivity index (χ2v) is 3.72. The van der Waals surface area contributed by atoms with Crippen LogP contribution in [0.15, 0.2) is 18.2 Å². The molecule has 0 radical (unpaired) electrons. The van der Waals surface area contributed by atoms with Crippen LogP contribution in [0.3, 0.4) is 0 Å². The number of urea groups is 1. The maximum atomic E-state index is 13.3. The maximum absolute atomic E-state index is 13.3. The molecule has 2 amide bonds. The lowest BCUT2D eigenvalue weighted by Gasteiger charge is -2.11. The lowest BCUT2D eigenvalue weighted by Crippen LogP contribution is -2.31. The Hall–Kier alpha value is -2.32. The molecule has 1 aromatic carbocycles. The van der Waals surface area contributed by atoms with Crippen molar-refractivity contribution in [2.75, 3.05) is 11.9 Å². The second-order valence-electron chi connectivity index (χ2n) is 3.72. The minimum absolute atomic E-state index is 0.234. The van der Waals surface area contributed by atoms with Crippen LogP contribution in [0.5, 0.6) is 0 Å². The number of hydrogen-bond donors (Lipinski definition) is 3. The van der Waals surface area contributed by atoms with E-state index < -0.39 is 35.2 Å². The zero-order chi connectivity index (χ0) is 15.3. The van der Waals surface area contributed by atoms with Crippen molar-refractivity contribution >= 4 is 17.7 Å². The van der Waals surface area contributed by atoms with Crippen LogP contribution < -0.4 is 10.6 Å². The van der Waals surface area contributed by atoms with E-state index in [1.807, 2.05) is 5.32 Å². The van der Waals surface area contributed by atoms with Crippen LogP contribution in [0.2, 0.25) is 0 Å². The fourth-order valence-electron chi connectivity index (χ4n) is 1.25. The Bertz CT molecular complexity index is 517. The normalized spacial score (nSPS) is 11.0. The summed E-state index contributed by atoms with van der Waals surface area (Å²) in [4.78, 5) is 21.4. The van der Waals surface area contributed by atoms with Gasteiger partial charge < -0.3 is 15.7 Å². The summed E-state index contributed by atoms with van der Waals surface area (Å²) >= 11 is 0. The third-order valence-corrected chi connectivity index (χ3v) is 2.17. The molecule has 0 fully saturated rings. The number of hydrogen-bond acceptors (Lipinski definition) is 2. The number of amides is 2. The molecule has 9 heteroatoms. The van der Waals surface area contributed by atoms with Crippen LogP contribution in [0.4, 0.5) is 28.0 Å². The third kappa shape index (κ3) is 4.75. The summed E-state index contributed by atoms with van der Waals surface area (Å²) in [6.45, 7) is -0.234.